The maximum atomic E-state index is 11.1. The molecule has 1 aliphatic heterocycles. The summed E-state index contributed by atoms with van der Waals surface area (Å²) in [6.45, 7) is 0. The Morgan fingerprint density at radius 1 is 0.509 bits per heavy atom. The summed E-state index contributed by atoms with van der Waals surface area (Å²) in [5.41, 5.74) is 11.7. The van der Waals surface area contributed by atoms with Crippen LogP contribution in [0.5, 0.6) is 0 Å². The van der Waals surface area contributed by atoms with Gasteiger partial charge in [-0.25, -0.2) is 4.48 Å². The van der Waals surface area contributed by atoms with Gasteiger partial charge in [0, 0.05) is 69.0 Å². The molecule has 57 heavy (non-hydrogen) atoms. The monoisotopic (exact) mass is 761 g/mol. The van der Waals surface area contributed by atoms with Gasteiger partial charge in [0.2, 0.25) is 0 Å². The maximum Gasteiger partial charge on any atom is 0.167 e. The molecule has 0 bridgehead atoms. The number of aromatic nitrogens is 1. The van der Waals surface area contributed by atoms with Crippen LogP contribution >= 0.6 is 22.7 Å². The highest BCUT2D eigenvalue weighted by molar-refractivity contribution is 7.26. The molecule has 0 aliphatic carbocycles. The van der Waals surface area contributed by atoms with Gasteiger partial charge in [-0.05, 0) is 66.2 Å². The molecule has 0 saturated carbocycles. The predicted octanol–water partition coefficient (Wildman–Crippen LogP) is 14.5. The number of thiophene rings is 2. The van der Waals surface area contributed by atoms with E-state index in [1.165, 1.54) is 68.2 Å². The lowest BCUT2D eigenvalue weighted by molar-refractivity contribution is 0.644. The highest BCUT2D eigenvalue weighted by Crippen LogP contribution is 2.62. The maximum absolute atomic E-state index is 11.1. The van der Waals surface area contributed by atoms with E-state index in [2.05, 4.69) is 157 Å². The van der Waals surface area contributed by atoms with E-state index >= 15 is 0 Å². The zero-order chi connectivity index (χ0) is 38.0. The van der Waals surface area contributed by atoms with Crippen LogP contribution in [0.1, 0.15) is 11.1 Å². The van der Waals surface area contributed by atoms with E-state index in [0.717, 1.165) is 38.9 Å². The fraction of sp³-hybridized carbons (Fsp3) is 0.0196. The number of nitriles is 2. The largest absolute Gasteiger partial charge is 0.303 e. The van der Waals surface area contributed by atoms with Crippen molar-refractivity contribution in [2.75, 3.05) is 7.05 Å². The normalized spacial score (nSPS) is 14.8. The number of nitrogens with zero attached hydrogens (tertiary/aromatic N) is 4. The van der Waals surface area contributed by atoms with Crippen molar-refractivity contribution in [3.63, 3.8) is 0 Å². The van der Waals surface area contributed by atoms with Crippen LogP contribution in [0.3, 0.4) is 0 Å². The van der Waals surface area contributed by atoms with Crippen molar-refractivity contribution in [2.45, 2.75) is 0 Å². The summed E-state index contributed by atoms with van der Waals surface area (Å²) in [6.07, 6.45) is 0. The smallest absolute Gasteiger partial charge is 0.167 e. The Labute approximate surface area is 335 Å². The Kier molecular flexibility index (Phi) is 6.63. The van der Waals surface area contributed by atoms with Crippen LogP contribution < -0.4 is 4.48 Å². The van der Waals surface area contributed by atoms with Gasteiger partial charge in [-0.15, -0.1) is 22.7 Å². The molecular weight excluding hydrogens is 733 g/mol. The summed E-state index contributed by atoms with van der Waals surface area (Å²) < 4.78 is 7.79. The quantitative estimate of drug-likeness (QED) is 0.168. The lowest BCUT2D eigenvalue weighted by Gasteiger charge is -2.33. The summed E-state index contributed by atoms with van der Waals surface area (Å²) >= 11 is 3.65. The number of hydrogen-bond acceptors (Lipinski definition) is 4. The number of benzene rings is 8. The molecular formula is C51H29N4S2+. The zero-order valence-corrected chi connectivity index (χ0v) is 32.2. The first-order valence-electron chi connectivity index (χ1n) is 18.9. The summed E-state index contributed by atoms with van der Waals surface area (Å²) in [5, 5.41) is 28.3. The highest BCUT2D eigenvalue weighted by atomic mass is 32.1. The van der Waals surface area contributed by atoms with E-state index in [0.29, 0.717) is 15.6 Å². The first-order chi connectivity index (χ1) is 28.1. The van der Waals surface area contributed by atoms with Crippen LogP contribution in [0.2, 0.25) is 0 Å². The van der Waals surface area contributed by atoms with E-state index in [1.807, 2.05) is 46.9 Å². The SMILES string of the molecule is C[N+]1(c2cc(-c3cccc(C#N)c3)c(C#N)cc2-n2c3ccccc3c3ccc4sc5ccccc5c4c32)c2ccccc2-c2ccc3sc4ccccc4c3c21. The molecule has 11 aromatic rings. The van der Waals surface area contributed by atoms with Crippen LogP contribution in [-0.2, 0) is 0 Å². The second-order valence-corrected chi connectivity index (χ2v) is 17.1. The third-order valence-electron chi connectivity index (χ3n) is 12.1. The third kappa shape index (κ3) is 4.27. The Bertz CT molecular complexity index is 3640. The summed E-state index contributed by atoms with van der Waals surface area (Å²) in [6, 6.07) is 61.0. The molecule has 1 unspecified atom stereocenters. The number of para-hydroxylation sites is 2. The molecule has 0 radical (unpaired) electrons. The molecule has 0 spiro atoms. The molecule has 264 valence electrons. The fourth-order valence-electron chi connectivity index (χ4n) is 9.66. The van der Waals surface area contributed by atoms with Gasteiger partial charge in [0.1, 0.15) is 5.69 Å². The molecule has 8 aromatic carbocycles. The van der Waals surface area contributed by atoms with Crippen molar-refractivity contribution >= 4 is 102 Å². The van der Waals surface area contributed by atoms with Crippen LogP contribution in [0, 0.1) is 22.7 Å². The number of quaternary nitrogens is 1. The van der Waals surface area contributed by atoms with Gasteiger partial charge in [-0.1, -0.05) is 84.9 Å². The standard InChI is InChI=1S/C51H29N4S2/c1-55(42-18-7-3-14-34(42)36-22-24-47-49(51(36)55)38-16-5-9-20-45(38)57-47)43-27-39(31-12-10-11-30(25-31)28-52)32(29-53)26-41(43)54-40-17-6-2-13-33(40)35-21-23-46-48(50(35)54)37-15-4-8-19-44(37)56-46/h2-27H,1H3/q+1. The molecule has 4 nitrogen and oxygen atoms in total. The first kappa shape index (κ1) is 32.2. The topological polar surface area (TPSA) is 52.5 Å². The van der Waals surface area contributed by atoms with Gasteiger partial charge in [-0.3, -0.25) is 0 Å². The van der Waals surface area contributed by atoms with E-state index < -0.39 is 0 Å². The van der Waals surface area contributed by atoms with E-state index in [9.17, 15) is 10.5 Å². The van der Waals surface area contributed by atoms with Gasteiger partial charge in [0.05, 0.1) is 52.3 Å². The van der Waals surface area contributed by atoms with E-state index in [1.54, 1.807) is 0 Å². The lowest BCUT2D eigenvalue weighted by Crippen LogP contribution is -2.33. The predicted molar refractivity (Wildman–Crippen MR) is 240 cm³/mol. The van der Waals surface area contributed by atoms with Crippen molar-refractivity contribution in [1.29, 1.82) is 10.5 Å². The second kappa shape index (κ2) is 11.7. The minimum Gasteiger partial charge on any atom is -0.303 e. The molecule has 3 aromatic heterocycles. The molecule has 1 aliphatic rings. The third-order valence-corrected chi connectivity index (χ3v) is 14.3. The van der Waals surface area contributed by atoms with Crippen LogP contribution in [0.15, 0.2) is 158 Å². The molecule has 0 amide bonds. The molecule has 1 atom stereocenters. The minimum absolute atomic E-state index is 0.379. The fourth-order valence-corrected chi connectivity index (χ4v) is 11.9. The summed E-state index contributed by atoms with van der Waals surface area (Å²) in [5.74, 6) is 0. The molecule has 4 heterocycles. The van der Waals surface area contributed by atoms with Crippen molar-refractivity contribution in [2.24, 2.45) is 0 Å². The molecule has 0 N–H and O–H groups in total. The molecule has 0 fully saturated rings. The second-order valence-electron chi connectivity index (χ2n) is 14.9. The molecule has 0 saturated heterocycles. The van der Waals surface area contributed by atoms with Gasteiger partial charge < -0.3 is 4.57 Å². The van der Waals surface area contributed by atoms with Crippen LogP contribution in [-0.4, -0.2) is 11.6 Å². The number of hydrogen-bond donors (Lipinski definition) is 0. The van der Waals surface area contributed by atoms with E-state index in [4.69, 9.17) is 0 Å². The van der Waals surface area contributed by atoms with Crippen molar-refractivity contribution < 1.29 is 0 Å². The van der Waals surface area contributed by atoms with Crippen molar-refractivity contribution in [3.05, 3.63) is 169 Å². The van der Waals surface area contributed by atoms with Gasteiger partial charge in [-0.2, -0.15) is 10.5 Å². The Morgan fingerprint density at radius 3 is 1.98 bits per heavy atom. The van der Waals surface area contributed by atoms with Gasteiger partial charge in [0.25, 0.3) is 0 Å². The van der Waals surface area contributed by atoms with Gasteiger partial charge >= 0.3 is 0 Å². The Morgan fingerprint density at radius 2 is 1.19 bits per heavy atom. The van der Waals surface area contributed by atoms with Gasteiger partial charge in [0.15, 0.2) is 17.1 Å². The number of rotatable bonds is 3. The van der Waals surface area contributed by atoms with Crippen LogP contribution in [0.25, 0.3) is 90.1 Å². The molecule has 12 rings (SSSR count). The zero-order valence-electron chi connectivity index (χ0n) is 30.6. The minimum atomic E-state index is 0.379. The van der Waals surface area contributed by atoms with Crippen LogP contribution in [0.4, 0.5) is 17.1 Å². The Hall–Kier alpha value is -7.06. The Balaban J connectivity index is 1.31. The van der Waals surface area contributed by atoms with E-state index in [-0.39, 0.29) is 0 Å². The number of fused-ring (bicyclic) bond motifs is 14. The molecule has 6 heteroatoms. The average Bonchev–Trinajstić information content (AvgIpc) is 4.00. The van der Waals surface area contributed by atoms with Crippen molar-refractivity contribution in [3.8, 4) is 40.1 Å². The first-order valence-corrected chi connectivity index (χ1v) is 20.5. The average molecular weight is 762 g/mol. The summed E-state index contributed by atoms with van der Waals surface area (Å²) in [4.78, 5) is 0. The van der Waals surface area contributed by atoms with Crippen molar-refractivity contribution in [1.82, 2.24) is 9.05 Å². The lowest BCUT2D eigenvalue weighted by atomic mass is 9.95. The highest BCUT2D eigenvalue weighted by Gasteiger charge is 2.46. The summed E-state index contributed by atoms with van der Waals surface area (Å²) in [7, 11) is 2.33.